The summed E-state index contributed by atoms with van der Waals surface area (Å²) >= 11 is 0. The van der Waals surface area contributed by atoms with E-state index in [4.69, 9.17) is 0 Å². The second-order valence-corrected chi connectivity index (χ2v) is 6.13. The van der Waals surface area contributed by atoms with Gasteiger partial charge in [0.1, 0.15) is 0 Å². The van der Waals surface area contributed by atoms with Gasteiger partial charge in [-0.2, -0.15) is 0 Å². The van der Waals surface area contributed by atoms with E-state index in [2.05, 4.69) is 56.2 Å². The van der Waals surface area contributed by atoms with Gasteiger partial charge in [-0.15, -0.1) is 0 Å². The van der Waals surface area contributed by atoms with Crippen molar-refractivity contribution in [3.05, 3.63) is 34.9 Å². The standard InChI is InChI=1S/C17H28N2/c1-13-9-14(2)11-17(10-13)15(3)19-7-5-16(6-8-19)12-18-4/h9-11,15-16,18H,5-8,12H2,1-4H3. The highest BCUT2D eigenvalue weighted by Gasteiger charge is 2.23. The van der Waals surface area contributed by atoms with Gasteiger partial charge in [-0.25, -0.2) is 0 Å². The first-order valence-corrected chi connectivity index (χ1v) is 7.57. The van der Waals surface area contributed by atoms with E-state index in [1.54, 1.807) is 0 Å². The van der Waals surface area contributed by atoms with Gasteiger partial charge >= 0.3 is 0 Å². The lowest BCUT2D eigenvalue weighted by molar-refractivity contribution is 0.141. The van der Waals surface area contributed by atoms with E-state index in [0.717, 1.165) is 5.92 Å². The lowest BCUT2D eigenvalue weighted by atomic mass is 9.94. The number of benzene rings is 1. The van der Waals surface area contributed by atoms with Crippen molar-refractivity contribution in [1.82, 2.24) is 10.2 Å². The second kappa shape index (κ2) is 6.53. The van der Waals surface area contributed by atoms with Gasteiger partial charge in [-0.1, -0.05) is 29.3 Å². The van der Waals surface area contributed by atoms with Crippen LogP contribution in [0.15, 0.2) is 18.2 Å². The molecule has 0 aromatic heterocycles. The summed E-state index contributed by atoms with van der Waals surface area (Å²) in [5.41, 5.74) is 4.24. The maximum absolute atomic E-state index is 3.31. The lowest BCUT2D eigenvalue weighted by Gasteiger charge is -2.36. The van der Waals surface area contributed by atoms with Crippen LogP contribution in [0.1, 0.15) is 42.5 Å². The number of hydrogen-bond donors (Lipinski definition) is 1. The fourth-order valence-electron chi connectivity index (χ4n) is 3.29. The molecule has 2 heteroatoms. The van der Waals surface area contributed by atoms with Crippen LogP contribution in [0.5, 0.6) is 0 Å². The zero-order valence-electron chi connectivity index (χ0n) is 12.9. The Bertz CT molecular complexity index is 385. The van der Waals surface area contributed by atoms with Gasteiger partial charge in [0, 0.05) is 6.04 Å². The van der Waals surface area contributed by atoms with Crippen LogP contribution in [-0.4, -0.2) is 31.6 Å². The Labute approximate surface area is 118 Å². The average molecular weight is 260 g/mol. The van der Waals surface area contributed by atoms with Crippen molar-refractivity contribution in [2.45, 2.75) is 39.7 Å². The molecule has 1 aliphatic rings. The molecule has 1 aromatic carbocycles. The molecule has 106 valence electrons. The van der Waals surface area contributed by atoms with Crippen molar-refractivity contribution in [3.8, 4) is 0 Å². The highest BCUT2D eigenvalue weighted by atomic mass is 15.2. The summed E-state index contributed by atoms with van der Waals surface area (Å²) in [4.78, 5) is 2.64. The van der Waals surface area contributed by atoms with Crippen molar-refractivity contribution >= 4 is 0 Å². The van der Waals surface area contributed by atoms with Crippen LogP contribution in [0.3, 0.4) is 0 Å². The van der Waals surface area contributed by atoms with Crippen LogP contribution < -0.4 is 5.32 Å². The van der Waals surface area contributed by atoms with Crippen molar-refractivity contribution < 1.29 is 0 Å². The summed E-state index contributed by atoms with van der Waals surface area (Å²) in [5, 5.41) is 3.31. The highest BCUT2D eigenvalue weighted by molar-refractivity contribution is 5.30. The monoisotopic (exact) mass is 260 g/mol. The van der Waals surface area contributed by atoms with Crippen molar-refractivity contribution in [2.75, 3.05) is 26.7 Å². The van der Waals surface area contributed by atoms with E-state index < -0.39 is 0 Å². The largest absolute Gasteiger partial charge is 0.319 e. The average Bonchev–Trinajstić information content (AvgIpc) is 2.38. The normalized spacial score (nSPS) is 19.6. The van der Waals surface area contributed by atoms with E-state index in [1.807, 2.05) is 0 Å². The number of nitrogens with one attached hydrogen (secondary N) is 1. The summed E-state index contributed by atoms with van der Waals surface area (Å²) < 4.78 is 0. The van der Waals surface area contributed by atoms with Crippen LogP contribution in [0, 0.1) is 19.8 Å². The quantitative estimate of drug-likeness (QED) is 0.893. The second-order valence-electron chi connectivity index (χ2n) is 6.13. The highest BCUT2D eigenvalue weighted by Crippen LogP contribution is 2.27. The Kier molecular flexibility index (Phi) is 5.00. The van der Waals surface area contributed by atoms with Crippen LogP contribution in [0.2, 0.25) is 0 Å². The minimum absolute atomic E-state index is 0.550. The fraction of sp³-hybridized carbons (Fsp3) is 0.647. The molecule has 19 heavy (non-hydrogen) atoms. The SMILES string of the molecule is CNCC1CCN(C(C)c2cc(C)cc(C)c2)CC1. The number of hydrogen-bond acceptors (Lipinski definition) is 2. The summed E-state index contributed by atoms with van der Waals surface area (Å²) in [6, 6.07) is 7.50. The summed E-state index contributed by atoms with van der Waals surface area (Å²) in [6.07, 6.45) is 2.66. The van der Waals surface area contributed by atoms with E-state index in [1.165, 1.54) is 49.2 Å². The molecule has 0 aliphatic carbocycles. The van der Waals surface area contributed by atoms with Crippen LogP contribution in [-0.2, 0) is 0 Å². The molecule has 1 unspecified atom stereocenters. The van der Waals surface area contributed by atoms with Gasteiger partial charge in [0.05, 0.1) is 0 Å². The molecule has 0 bridgehead atoms. The molecule has 1 aromatic rings. The van der Waals surface area contributed by atoms with Crippen molar-refractivity contribution in [1.29, 1.82) is 0 Å². The molecule has 1 fully saturated rings. The molecular weight excluding hydrogens is 232 g/mol. The number of aryl methyl sites for hydroxylation is 2. The van der Waals surface area contributed by atoms with E-state index in [0.29, 0.717) is 6.04 Å². The Morgan fingerprint density at radius 1 is 1.16 bits per heavy atom. The zero-order chi connectivity index (χ0) is 13.8. The molecule has 0 amide bonds. The van der Waals surface area contributed by atoms with Gasteiger partial charge in [0.15, 0.2) is 0 Å². The molecular formula is C17H28N2. The number of likely N-dealkylation sites (tertiary alicyclic amines) is 1. The van der Waals surface area contributed by atoms with Gasteiger partial charge in [-0.05, 0) is 71.8 Å². The lowest BCUT2D eigenvalue weighted by Crippen LogP contribution is -2.38. The van der Waals surface area contributed by atoms with Crippen molar-refractivity contribution in [2.24, 2.45) is 5.92 Å². The molecule has 2 nitrogen and oxygen atoms in total. The zero-order valence-corrected chi connectivity index (χ0v) is 12.9. The predicted octanol–water partition coefficient (Wildman–Crippen LogP) is 3.30. The van der Waals surface area contributed by atoms with Crippen LogP contribution in [0.25, 0.3) is 0 Å². The number of piperidine rings is 1. The third-order valence-electron chi connectivity index (χ3n) is 4.42. The number of nitrogens with zero attached hydrogens (tertiary/aromatic N) is 1. The minimum Gasteiger partial charge on any atom is -0.319 e. The maximum atomic E-state index is 3.31. The van der Waals surface area contributed by atoms with E-state index in [9.17, 15) is 0 Å². The topological polar surface area (TPSA) is 15.3 Å². The molecule has 1 saturated heterocycles. The number of rotatable bonds is 4. The minimum atomic E-state index is 0.550. The van der Waals surface area contributed by atoms with E-state index in [-0.39, 0.29) is 0 Å². The van der Waals surface area contributed by atoms with Crippen LogP contribution >= 0.6 is 0 Å². The smallest absolute Gasteiger partial charge is 0.0320 e. The molecule has 0 radical (unpaired) electrons. The predicted molar refractivity (Wildman–Crippen MR) is 82.6 cm³/mol. The molecule has 1 heterocycles. The van der Waals surface area contributed by atoms with Gasteiger partial charge in [-0.3, -0.25) is 4.90 Å². The molecule has 1 N–H and O–H groups in total. The van der Waals surface area contributed by atoms with Gasteiger partial charge in [0.25, 0.3) is 0 Å². The third-order valence-corrected chi connectivity index (χ3v) is 4.42. The third kappa shape index (κ3) is 3.80. The molecule has 1 atom stereocenters. The van der Waals surface area contributed by atoms with E-state index >= 15 is 0 Å². The summed E-state index contributed by atoms with van der Waals surface area (Å²) in [6.45, 7) is 10.4. The molecule has 2 rings (SSSR count). The summed E-state index contributed by atoms with van der Waals surface area (Å²) in [7, 11) is 2.06. The molecule has 0 saturated carbocycles. The Balaban J connectivity index is 1.98. The first-order chi connectivity index (χ1) is 9.10. The first-order valence-electron chi connectivity index (χ1n) is 7.57. The Morgan fingerprint density at radius 2 is 1.74 bits per heavy atom. The fourth-order valence-corrected chi connectivity index (χ4v) is 3.29. The molecule has 1 aliphatic heterocycles. The van der Waals surface area contributed by atoms with Crippen LogP contribution in [0.4, 0.5) is 0 Å². The Morgan fingerprint density at radius 3 is 2.26 bits per heavy atom. The van der Waals surface area contributed by atoms with Gasteiger partial charge < -0.3 is 5.32 Å². The Hall–Kier alpha value is -0.860. The summed E-state index contributed by atoms with van der Waals surface area (Å²) in [5.74, 6) is 0.868. The van der Waals surface area contributed by atoms with Gasteiger partial charge in [0.2, 0.25) is 0 Å². The first kappa shape index (κ1) is 14.5. The molecule has 0 spiro atoms. The maximum Gasteiger partial charge on any atom is 0.0320 e. The van der Waals surface area contributed by atoms with Crippen molar-refractivity contribution in [3.63, 3.8) is 0 Å².